The van der Waals surface area contributed by atoms with Gasteiger partial charge < -0.3 is 5.32 Å². The van der Waals surface area contributed by atoms with Crippen molar-refractivity contribution in [3.8, 4) is 0 Å². The van der Waals surface area contributed by atoms with Crippen LogP contribution in [0.3, 0.4) is 0 Å². The average molecular weight is 466 g/mol. The Morgan fingerprint density at radius 1 is 1.20 bits per heavy atom. The van der Waals surface area contributed by atoms with E-state index in [1.54, 1.807) is 0 Å². The first-order valence-electron chi connectivity index (χ1n) is 7.92. The molecule has 3 aromatic rings. The number of nitrogens with zero attached hydrogens (tertiary/aromatic N) is 3. The summed E-state index contributed by atoms with van der Waals surface area (Å²) < 4.78 is 3.65. The summed E-state index contributed by atoms with van der Waals surface area (Å²) in [6, 6.07) is 7.62. The minimum atomic E-state index is -0.0291. The van der Waals surface area contributed by atoms with E-state index in [-0.39, 0.29) is 5.91 Å². The van der Waals surface area contributed by atoms with Gasteiger partial charge in [-0.1, -0.05) is 15.9 Å². The minimum Gasteiger partial charge on any atom is -0.325 e. The van der Waals surface area contributed by atoms with Gasteiger partial charge in [-0.2, -0.15) is 5.10 Å². The van der Waals surface area contributed by atoms with Gasteiger partial charge in [0.2, 0.25) is 5.91 Å². The smallest absolute Gasteiger partial charge is 0.224 e. The fraction of sp³-hybridized carbons (Fsp3) is 0.278. The van der Waals surface area contributed by atoms with Crippen molar-refractivity contribution in [3.63, 3.8) is 0 Å². The molecule has 25 heavy (non-hydrogen) atoms. The van der Waals surface area contributed by atoms with Gasteiger partial charge in [0, 0.05) is 32.8 Å². The lowest BCUT2D eigenvalue weighted by molar-refractivity contribution is -0.116. The molecular weight excluding hydrogens is 448 g/mol. The highest BCUT2D eigenvalue weighted by molar-refractivity contribution is 9.11. The Balaban J connectivity index is 1.74. The maximum Gasteiger partial charge on any atom is 0.224 e. The zero-order valence-corrected chi connectivity index (χ0v) is 17.4. The molecule has 3 rings (SSSR count). The molecule has 1 aromatic carbocycles. The standard InChI is InChI=1S/C18H18Br2N4O/c1-10-8-17-21-11(2)14(12(3)24(17)23-10)5-7-18(25)22-16-6-4-13(19)9-15(16)20/h4,6,8-9H,5,7H2,1-3H3,(H,22,25). The van der Waals surface area contributed by atoms with E-state index in [2.05, 4.69) is 47.3 Å². The number of carbonyl (C=O) groups is 1. The van der Waals surface area contributed by atoms with E-state index in [4.69, 9.17) is 0 Å². The number of aryl methyl sites for hydroxylation is 3. The largest absolute Gasteiger partial charge is 0.325 e. The molecule has 0 saturated heterocycles. The van der Waals surface area contributed by atoms with E-state index >= 15 is 0 Å². The number of hydrogen-bond donors (Lipinski definition) is 1. The maximum atomic E-state index is 12.3. The molecule has 0 bridgehead atoms. The molecule has 130 valence electrons. The molecule has 0 spiro atoms. The number of aromatic nitrogens is 3. The van der Waals surface area contributed by atoms with Crippen LogP contribution >= 0.6 is 31.9 Å². The van der Waals surface area contributed by atoms with Crippen LogP contribution < -0.4 is 5.32 Å². The van der Waals surface area contributed by atoms with Crippen LogP contribution in [0.25, 0.3) is 5.65 Å². The Bertz CT molecular complexity index is 965. The molecule has 1 N–H and O–H groups in total. The van der Waals surface area contributed by atoms with E-state index < -0.39 is 0 Å². The maximum absolute atomic E-state index is 12.3. The van der Waals surface area contributed by atoms with Crippen LogP contribution in [-0.4, -0.2) is 20.5 Å². The van der Waals surface area contributed by atoms with Gasteiger partial charge in [0.1, 0.15) is 0 Å². The molecule has 2 heterocycles. The summed E-state index contributed by atoms with van der Waals surface area (Å²) in [5.41, 5.74) is 5.60. The molecule has 0 aliphatic rings. The van der Waals surface area contributed by atoms with Crippen LogP contribution in [0.5, 0.6) is 0 Å². The summed E-state index contributed by atoms with van der Waals surface area (Å²) in [7, 11) is 0. The Labute approximate surface area is 163 Å². The van der Waals surface area contributed by atoms with Gasteiger partial charge in [0.25, 0.3) is 0 Å². The number of hydrogen-bond acceptors (Lipinski definition) is 3. The summed E-state index contributed by atoms with van der Waals surface area (Å²) in [6.07, 6.45) is 1.01. The van der Waals surface area contributed by atoms with Gasteiger partial charge >= 0.3 is 0 Å². The molecule has 5 nitrogen and oxygen atoms in total. The minimum absolute atomic E-state index is 0.0291. The lowest BCUT2D eigenvalue weighted by atomic mass is 10.1. The first-order chi connectivity index (χ1) is 11.8. The highest BCUT2D eigenvalue weighted by Gasteiger charge is 2.13. The molecule has 0 radical (unpaired) electrons. The van der Waals surface area contributed by atoms with Crippen molar-refractivity contribution in [1.29, 1.82) is 0 Å². The van der Waals surface area contributed by atoms with E-state index in [0.717, 1.165) is 42.9 Å². The Morgan fingerprint density at radius 2 is 1.96 bits per heavy atom. The number of halogens is 2. The van der Waals surface area contributed by atoms with Gasteiger partial charge in [-0.15, -0.1) is 0 Å². The van der Waals surface area contributed by atoms with Crippen LogP contribution in [0.15, 0.2) is 33.2 Å². The second kappa shape index (κ2) is 7.25. The van der Waals surface area contributed by atoms with Gasteiger partial charge in [-0.05, 0) is 66.9 Å². The van der Waals surface area contributed by atoms with Crippen LogP contribution in [0, 0.1) is 20.8 Å². The first kappa shape index (κ1) is 18.1. The van der Waals surface area contributed by atoms with E-state index in [1.165, 1.54) is 0 Å². The number of rotatable bonds is 4. The first-order valence-corrected chi connectivity index (χ1v) is 9.51. The topological polar surface area (TPSA) is 59.3 Å². The van der Waals surface area contributed by atoms with E-state index in [1.807, 2.05) is 49.6 Å². The Kier molecular flexibility index (Phi) is 5.24. The third kappa shape index (κ3) is 3.93. The Hall–Kier alpha value is -1.73. The van der Waals surface area contributed by atoms with Crippen LogP contribution in [0.1, 0.15) is 29.1 Å². The quantitative estimate of drug-likeness (QED) is 0.604. The number of anilines is 1. The number of fused-ring (bicyclic) bond motifs is 1. The van der Waals surface area contributed by atoms with Gasteiger partial charge in [-0.25, -0.2) is 9.50 Å². The zero-order valence-electron chi connectivity index (χ0n) is 14.2. The monoisotopic (exact) mass is 464 g/mol. The van der Waals surface area contributed by atoms with Crippen molar-refractivity contribution < 1.29 is 4.79 Å². The third-order valence-electron chi connectivity index (χ3n) is 4.09. The van der Waals surface area contributed by atoms with Crippen molar-refractivity contribution in [2.45, 2.75) is 33.6 Å². The summed E-state index contributed by atoms with van der Waals surface area (Å²) in [5.74, 6) is -0.0291. The third-order valence-corrected chi connectivity index (χ3v) is 5.24. The van der Waals surface area contributed by atoms with Crippen molar-refractivity contribution in [2.75, 3.05) is 5.32 Å². The van der Waals surface area contributed by atoms with Gasteiger partial charge in [0.15, 0.2) is 5.65 Å². The van der Waals surface area contributed by atoms with Gasteiger partial charge in [0.05, 0.1) is 11.4 Å². The van der Waals surface area contributed by atoms with Crippen molar-refractivity contribution in [2.24, 2.45) is 0 Å². The summed E-state index contributed by atoms with van der Waals surface area (Å²) >= 11 is 6.86. The Morgan fingerprint density at radius 3 is 2.68 bits per heavy atom. The molecule has 0 saturated carbocycles. The highest BCUT2D eigenvalue weighted by atomic mass is 79.9. The highest BCUT2D eigenvalue weighted by Crippen LogP contribution is 2.26. The van der Waals surface area contributed by atoms with E-state index in [9.17, 15) is 4.79 Å². The molecule has 0 fully saturated rings. The molecule has 0 aliphatic heterocycles. The average Bonchev–Trinajstić information content (AvgIpc) is 2.90. The van der Waals surface area contributed by atoms with E-state index in [0.29, 0.717) is 12.8 Å². The molecule has 0 unspecified atom stereocenters. The number of benzene rings is 1. The lowest BCUT2D eigenvalue weighted by Gasteiger charge is -2.12. The number of nitrogens with one attached hydrogen (secondary N) is 1. The second-order valence-electron chi connectivity index (χ2n) is 5.99. The van der Waals surface area contributed by atoms with Crippen LogP contribution in [-0.2, 0) is 11.2 Å². The predicted octanol–water partition coefficient (Wildman–Crippen LogP) is 4.75. The summed E-state index contributed by atoms with van der Waals surface area (Å²) in [5, 5.41) is 7.41. The summed E-state index contributed by atoms with van der Waals surface area (Å²) in [4.78, 5) is 16.9. The zero-order chi connectivity index (χ0) is 18.1. The molecular formula is C18H18Br2N4O. The van der Waals surface area contributed by atoms with Crippen molar-refractivity contribution >= 4 is 49.1 Å². The van der Waals surface area contributed by atoms with Crippen molar-refractivity contribution in [1.82, 2.24) is 14.6 Å². The molecule has 0 aliphatic carbocycles. The molecule has 1 amide bonds. The fourth-order valence-corrected chi connectivity index (χ4v) is 3.99. The van der Waals surface area contributed by atoms with Crippen LogP contribution in [0.4, 0.5) is 5.69 Å². The normalized spacial score (nSPS) is 11.1. The predicted molar refractivity (Wildman–Crippen MR) is 106 cm³/mol. The van der Waals surface area contributed by atoms with Crippen LogP contribution in [0.2, 0.25) is 0 Å². The fourth-order valence-electron chi connectivity index (χ4n) is 2.85. The number of carbonyl (C=O) groups excluding carboxylic acids is 1. The number of amides is 1. The lowest BCUT2D eigenvalue weighted by Crippen LogP contribution is -2.14. The van der Waals surface area contributed by atoms with Crippen molar-refractivity contribution in [3.05, 3.63) is 55.9 Å². The SMILES string of the molecule is Cc1cc2nc(C)c(CCC(=O)Nc3ccc(Br)cc3Br)c(C)n2n1. The summed E-state index contributed by atoms with van der Waals surface area (Å²) in [6.45, 7) is 5.95. The molecule has 7 heteroatoms. The molecule has 2 aromatic heterocycles. The van der Waals surface area contributed by atoms with Gasteiger partial charge in [-0.3, -0.25) is 4.79 Å². The molecule has 0 atom stereocenters. The second-order valence-corrected chi connectivity index (χ2v) is 7.76.